The van der Waals surface area contributed by atoms with Crippen LogP contribution in [0.3, 0.4) is 0 Å². The third kappa shape index (κ3) is 2.98. The number of carbonyl (C=O) groups excluding carboxylic acids is 1. The van der Waals surface area contributed by atoms with Crippen LogP contribution in [0, 0.1) is 0 Å². The van der Waals surface area contributed by atoms with Crippen LogP contribution in [-0.2, 0) is 11.2 Å². The van der Waals surface area contributed by atoms with Crippen LogP contribution >= 0.6 is 0 Å². The molecule has 5 heteroatoms. The summed E-state index contributed by atoms with van der Waals surface area (Å²) in [5.74, 6) is -0.102. The molecule has 0 radical (unpaired) electrons. The van der Waals surface area contributed by atoms with Crippen LogP contribution in [0.1, 0.15) is 5.56 Å². The summed E-state index contributed by atoms with van der Waals surface area (Å²) in [6.45, 7) is 0. The van der Waals surface area contributed by atoms with Crippen LogP contribution in [0.25, 0.3) is 0 Å². The fourth-order valence-electron chi connectivity index (χ4n) is 1.56. The number of nitrogens with zero attached hydrogens (tertiary/aromatic N) is 1. The smallest absolute Gasteiger partial charge is 0.228 e. The van der Waals surface area contributed by atoms with Crippen molar-refractivity contribution in [2.45, 2.75) is 6.42 Å². The highest BCUT2D eigenvalue weighted by molar-refractivity contribution is 5.92. The first kappa shape index (κ1) is 11.9. The molecule has 92 valence electrons. The Kier molecular flexibility index (Phi) is 3.43. The summed E-state index contributed by atoms with van der Waals surface area (Å²) in [6, 6.07) is 7.94. The second kappa shape index (κ2) is 5.18. The molecule has 18 heavy (non-hydrogen) atoms. The lowest BCUT2D eigenvalue weighted by atomic mass is 10.1. The predicted molar refractivity (Wildman–Crippen MR) is 69.1 cm³/mol. The van der Waals surface area contributed by atoms with E-state index < -0.39 is 0 Å². The van der Waals surface area contributed by atoms with Crippen molar-refractivity contribution < 1.29 is 9.90 Å². The molecule has 0 saturated heterocycles. The molecule has 2 aromatic rings. The lowest BCUT2D eigenvalue weighted by Gasteiger charge is -2.07. The Morgan fingerprint density at radius 3 is 2.72 bits per heavy atom. The molecule has 0 saturated carbocycles. The van der Waals surface area contributed by atoms with Crippen LogP contribution < -0.4 is 11.1 Å². The van der Waals surface area contributed by atoms with Crippen molar-refractivity contribution in [1.82, 2.24) is 4.98 Å². The summed E-state index contributed by atoms with van der Waals surface area (Å²) >= 11 is 0. The molecule has 0 bridgehead atoms. The first-order valence-corrected chi connectivity index (χ1v) is 5.42. The Morgan fingerprint density at radius 1 is 1.28 bits per heavy atom. The Bertz CT molecular complexity index is 555. The quantitative estimate of drug-likeness (QED) is 0.563. The molecule has 5 nitrogen and oxygen atoms in total. The van der Waals surface area contributed by atoms with Gasteiger partial charge in [-0.15, -0.1) is 0 Å². The van der Waals surface area contributed by atoms with E-state index in [4.69, 9.17) is 5.73 Å². The number of hydrogen-bond acceptors (Lipinski definition) is 4. The van der Waals surface area contributed by atoms with Gasteiger partial charge in [-0.1, -0.05) is 0 Å². The molecular weight excluding hydrogens is 230 g/mol. The number of nitrogens with two attached hydrogens (primary N) is 1. The average Bonchev–Trinajstić information content (AvgIpc) is 2.35. The predicted octanol–water partition coefficient (Wildman–Crippen LogP) is 1.55. The minimum atomic E-state index is -0.196. The summed E-state index contributed by atoms with van der Waals surface area (Å²) in [4.78, 5) is 15.6. The topological polar surface area (TPSA) is 88.2 Å². The number of nitrogen functional groups attached to an aromatic ring is 1. The number of benzene rings is 1. The molecule has 0 unspecified atom stereocenters. The van der Waals surface area contributed by atoms with Gasteiger partial charge in [-0.05, 0) is 35.9 Å². The van der Waals surface area contributed by atoms with Gasteiger partial charge in [0.05, 0.1) is 6.42 Å². The maximum absolute atomic E-state index is 11.8. The number of aromatic hydroxyl groups is 1. The first-order chi connectivity index (χ1) is 8.65. The zero-order valence-corrected chi connectivity index (χ0v) is 9.63. The van der Waals surface area contributed by atoms with Gasteiger partial charge in [0, 0.05) is 23.8 Å². The number of amides is 1. The van der Waals surface area contributed by atoms with E-state index in [1.165, 1.54) is 12.1 Å². The number of phenols is 1. The standard InChI is InChI=1S/C13H13N3O2/c14-12-2-1-11(17)7-9(12)8-13(18)16-10-3-5-15-6-4-10/h1-7,17H,8,14H2,(H,15,16,18). The minimum Gasteiger partial charge on any atom is -0.508 e. The van der Waals surface area contributed by atoms with E-state index in [9.17, 15) is 9.90 Å². The van der Waals surface area contributed by atoms with Crippen molar-refractivity contribution in [2.24, 2.45) is 0 Å². The molecular formula is C13H13N3O2. The monoisotopic (exact) mass is 243 g/mol. The second-order valence-corrected chi connectivity index (χ2v) is 3.84. The van der Waals surface area contributed by atoms with E-state index in [0.29, 0.717) is 16.9 Å². The third-order valence-electron chi connectivity index (χ3n) is 2.44. The molecule has 0 aliphatic rings. The average molecular weight is 243 g/mol. The summed E-state index contributed by atoms with van der Waals surface area (Å²) < 4.78 is 0. The second-order valence-electron chi connectivity index (χ2n) is 3.84. The maximum Gasteiger partial charge on any atom is 0.228 e. The fraction of sp³-hybridized carbons (Fsp3) is 0.0769. The highest BCUT2D eigenvalue weighted by atomic mass is 16.3. The summed E-state index contributed by atoms with van der Waals surface area (Å²) in [7, 11) is 0. The Balaban J connectivity index is 2.05. The number of phenolic OH excluding ortho intramolecular Hbond substituents is 1. The summed E-state index contributed by atoms with van der Waals surface area (Å²) in [5, 5.41) is 12.1. The van der Waals surface area contributed by atoms with Crippen LogP contribution in [-0.4, -0.2) is 16.0 Å². The van der Waals surface area contributed by atoms with Crippen molar-refractivity contribution >= 4 is 17.3 Å². The van der Waals surface area contributed by atoms with Gasteiger partial charge in [-0.2, -0.15) is 0 Å². The highest BCUT2D eigenvalue weighted by Crippen LogP contribution is 2.19. The minimum absolute atomic E-state index is 0.0934. The molecule has 0 atom stereocenters. The van der Waals surface area contributed by atoms with Gasteiger partial charge in [-0.3, -0.25) is 9.78 Å². The molecule has 1 heterocycles. The number of hydrogen-bond donors (Lipinski definition) is 3. The van der Waals surface area contributed by atoms with Gasteiger partial charge in [0.15, 0.2) is 0 Å². The SMILES string of the molecule is Nc1ccc(O)cc1CC(=O)Nc1ccncc1. The van der Waals surface area contributed by atoms with Crippen molar-refractivity contribution in [1.29, 1.82) is 0 Å². The molecule has 0 fully saturated rings. The van der Waals surface area contributed by atoms with E-state index >= 15 is 0 Å². The summed E-state index contributed by atoms with van der Waals surface area (Å²) in [5.41, 5.74) is 7.49. The number of aromatic nitrogens is 1. The molecule has 1 aromatic heterocycles. The summed E-state index contributed by atoms with van der Waals surface area (Å²) in [6.07, 6.45) is 3.30. The van der Waals surface area contributed by atoms with Gasteiger partial charge >= 0.3 is 0 Å². The zero-order valence-electron chi connectivity index (χ0n) is 9.63. The van der Waals surface area contributed by atoms with Crippen LogP contribution in [0.2, 0.25) is 0 Å². The first-order valence-electron chi connectivity index (χ1n) is 5.42. The van der Waals surface area contributed by atoms with E-state index in [1.54, 1.807) is 30.6 Å². The molecule has 1 amide bonds. The van der Waals surface area contributed by atoms with Gasteiger partial charge in [-0.25, -0.2) is 0 Å². The molecule has 0 aliphatic carbocycles. The largest absolute Gasteiger partial charge is 0.508 e. The van der Waals surface area contributed by atoms with E-state index in [-0.39, 0.29) is 18.1 Å². The fourth-order valence-corrected chi connectivity index (χ4v) is 1.56. The van der Waals surface area contributed by atoms with Crippen LogP contribution in [0.15, 0.2) is 42.7 Å². The van der Waals surface area contributed by atoms with Crippen LogP contribution in [0.5, 0.6) is 5.75 Å². The van der Waals surface area contributed by atoms with Gasteiger partial charge in [0.25, 0.3) is 0 Å². The van der Waals surface area contributed by atoms with Crippen molar-refractivity contribution in [3.8, 4) is 5.75 Å². The molecule has 4 N–H and O–H groups in total. The lowest BCUT2D eigenvalue weighted by molar-refractivity contribution is -0.115. The Labute approximate surface area is 104 Å². The van der Waals surface area contributed by atoms with Crippen molar-refractivity contribution in [3.63, 3.8) is 0 Å². The number of carbonyl (C=O) groups is 1. The Morgan fingerprint density at radius 2 is 2.00 bits per heavy atom. The highest BCUT2D eigenvalue weighted by Gasteiger charge is 2.07. The van der Waals surface area contributed by atoms with Gasteiger partial charge in [0.2, 0.25) is 5.91 Å². The number of pyridine rings is 1. The zero-order chi connectivity index (χ0) is 13.0. The van der Waals surface area contributed by atoms with E-state index in [2.05, 4.69) is 10.3 Å². The normalized spacial score (nSPS) is 10.0. The number of rotatable bonds is 3. The number of anilines is 2. The Hall–Kier alpha value is -2.56. The van der Waals surface area contributed by atoms with E-state index in [1.807, 2.05) is 0 Å². The van der Waals surface area contributed by atoms with Gasteiger partial charge < -0.3 is 16.2 Å². The third-order valence-corrected chi connectivity index (χ3v) is 2.44. The lowest BCUT2D eigenvalue weighted by Crippen LogP contribution is -2.15. The molecule has 0 aliphatic heterocycles. The van der Waals surface area contributed by atoms with Crippen LogP contribution in [0.4, 0.5) is 11.4 Å². The molecule has 0 spiro atoms. The van der Waals surface area contributed by atoms with E-state index in [0.717, 1.165) is 0 Å². The number of nitrogens with one attached hydrogen (secondary N) is 1. The van der Waals surface area contributed by atoms with Crippen molar-refractivity contribution in [2.75, 3.05) is 11.1 Å². The maximum atomic E-state index is 11.8. The van der Waals surface area contributed by atoms with Gasteiger partial charge in [0.1, 0.15) is 5.75 Å². The van der Waals surface area contributed by atoms with Crippen molar-refractivity contribution in [3.05, 3.63) is 48.3 Å². The molecule has 2 rings (SSSR count). The molecule has 1 aromatic carbocycles.